The van der Waals surface area contributed by atoms with E-state index in [1.54, 1.807) is 0 Å². The van der Waals surface area contributed by atoms with Crippen LogP contribution in [0, 0.1) is 5.41 Å². The molecular weight excluding hydrogens is 224 g/mol. The fraction of sp³-hybridized carbons (Fsp3) is 0.643. The van der Waals surface area contributed by atoms with Crippen LogP contribution in [-0.4, -0.2) is 43.6 Å². The first-order chi connectivity index (χ1) is 8.43. The van der Waals surface area contributed by atoms with Crippen molar-refractivity contribution in [1.29, 1.82) is 0 Å². The Morgan fingerprint density at radius 1 is 1.17 bits per heavy atom. The normalized spacial score (nSPS) is 11.7. The molecule has 0 aromatic carbocycles. The van der Waals surface area contributed by atoms with Crippen molar-refractivity contribution in [1.82, 2.24) is 9.88 Å². The average Bonchev–Trinajstić information content (AvgIpc) is 2.26. The molecule has 0 aliphatic rings. The minimum atomic E-state index is 0.222. The lowest BCUT2D eigenvalue weighted by Crippen LogP contribution is -2.34. The number of nitrogens with one attached hydrogen (secondary N) is 2. The van der Waals surface area contributed by atoms with Crippen LogP contribution in [0.2, 0.25) is 0 Å². The number of nitrogens with zero attached hydrogens (tertiary/aromatic N) is 2. The Labute approximate surface area is 111 Å². The van der Waals surface area contributed by atoms with Gasteiger partial charge in [0.2, 0.25) is 0 Å². The van der Waals surface area contributed by atoms with Gasteiger partial charge in [-0.05, 0) is 38.6 Å². The molecule has 2 N–H and O–H groups in total. The van der Waals surface area contributed by atoms with E-state index in [4.69, 9.17) is 0 Å². The first-order valence-corrected chi connectivity index (χ1v) is 6.52. The molecule has 0 saturated heterocycles. The Morgan fingerprint density at radius 3 is 2.33 bits per heavy atom. The van der Waals surface area contributed by atoms with Gasteiger partial charge in [0.05, 0.1) is 0 Å². The molecule has 0 unspecified atom stereocenters. The summed E-state index contributed by atoms with van der Waals surface area (Å²) in [6.45, 7) is 9.44. The van der Waals surface area contributed by atoms with Crippen molar-refractivity contribution in [2.45, 2.75) is 20.8 Å². The Bertz CT molecular complexity index is 361. The number of rotatable bonds is 7. The molecule has 102 valence electrons. The van der Waals surface area contributed by atoms with E-state index in [0.29, 0.717) is 0 Å². The van der Waals surface area contributed by atoms with Crippen molar-refractivity contribution in [3.8, 4) is 0 Å². The van der Waals surface area contributed by atoms with E-state index in [-0.39, 0.29) is 5.41 Å². The monoisotopic (exact) mass is 250 g/mol. The predicted octanol–water partition coefficient (Wildman–Crippen LogP) is 2.51. The van der Waals surface area contributed by atoms with Crippen LogP contribution in [0.5, 0.6) is 0 Å². The second kappa shape index (κ2) is 6.59. The number of hydrogen-bond acceptors (Lipinski definition) is 4. The summed E-state index contributed by atoms with van der Waals surface area (Å²) < 4.78 is 0. The van der Waals surface area contributed by atoms with Crippen molar-refractivity contribution in [2.24, 2.45) is 5.41 Å². The lowest BCUT2D eigenvalue weighted by molar-refractivity contribution is 0.254. The second-order valence-corrected chi connectivity index (χ2v) is 5.69. The highest BCUT2D eigenvalue weighted by molar-refractivity contribution is 5.45. The Hall–Kier alpha value is -1.29. The van der Waals surface area contributed by atoms with E-state index in [1.807, 2.05) is 18.2 Å². The van der Waals surface area contributed by atoms with Crippen LogP contribution in [0.1, 0.15) is 20.8 Å². The van der Waals surface area contributed by atoms with Crippen molar-refractivity contribution in [3.05, 3.63) is 18.2 Å². The molecule has 1 aromatic rings. The van der Waals surface area contributed by atoms with Crippen LogP contribution in [-0.2, 0) is 0 Å². The molecule has 1 aromatic heterocycles. The van der Waals surface area contributed by atoms with Crippen molar-refractivity contribution >= 4 is 11.6 Å². The summed E-state index contributed by atoms with van der Waals surface area (Å²) in [5.74, 6) is 1.85. The molecule has 0 aliphatic heterocycles. The highest BCUT2D eigenvalue weighted by Crippen LogP contribution is 2.17. The smallest absolute Gasteiger partial charge is 0.128 e. The van der Waals surface area contributed by atoms with Crippen molar-refractivity contribution in [2.75, 3.05) is 44.4 Å². The number of aromatic nitrogens is 1. The number of pyridine rings is 1. The molecule has 1 rings (SSSR count). The zero-order valence-electron chi connectivity index (χ0n) is 12.2. The molecule has 0 bridgehead atoms. The molecule has 0 amide bonds. The molecule has 0 saturated carbocycles. The van der Waals surface area contributed by atoms with Crippen LogP contribution in [0.3, 0.4) is 0 Å². The van der Waals surface area contributed by atoms with Crippen LogP contribution in [0.4, 0.5) is 11.6 Å². The molecule has 0 fully saturated rings. The third-order valence-electron chi connectivity index (χ3n) is 2.60. The molecule has 4 heteroatoms. The number of hydrogen-bond donors (Lipinski definition) is 2. The lowest BCUT2D eigenvalue weighted by atomic mass is 9.93. The first-order valence-electron chi connectivity index (χ1n) is 6.52. The maximum absolute atomic E-state index is 4.51. The van der Waals surface area contributed by atoms with E-state index in [1.165, 1.54) is 0 Å². The zero-order chi connectivity index (χ0) is 13.6. The van der Waals surface area contributed by atoms with Gasteiger partial charge in [0.1, 0.15) is 11.6 Å². The SMILES string of the molecule is CCNc1cccc(NCC(C)(C)CN(C)C)n1. The van der Waals surface area contributed by atoms with E-state index < -0.39 is 0 Å². The fourth-order valence-corrected chi connectivity index (χ4v) is 2.05. The quantitative estimate of drug-likeness (QED) is 0.780. The van der Waals surface area contributed by atoms with Gasteiger partial charge in [-0.2, -0.15) is 0 Å². The first kappa shape index (κ1) is 14.8. The molecule has 0 spiro atoms. The molecule has 4 nitrogen and oxygen atoms in total. The summed E-state index contributed by atoms with van der Waals surface area (Å²) in [6, 6.07) is 6.01. The largest absolute Gasteiger partial charge is 0.370 e. The highest BCUT2D eigenvalue weighted by Gasteiger charge is 2.18. The van der Waals surface area contributed by atoms with Crippen LogP contribution in [0.15, 0.2) is 18.2 Å². The van der Waals surface area contributed by atoms with Gasteiger partial charge in [0.15, 0.2) is 0 Å². The number of anilines is 2. The molecular formula is C14H26N4. The zero-order valence-corrected chi connectivity index (χ0v) is 12.2. The van der Waals surface area contributed by atoms with E-state index in [9.17, 15) is 0 Å². The Kier molecular flexibility index (Phi) is 5.41. The van der Waals surface area contributed by atoms with E-state index in [0.717, 1.165) is 31.3 Å². The standard InChI is InChI=1S/C14H26N4/c1-6-15-12-8-7-9-13(17-12)16-10-14(2,3)11-18(4)5/h7-9H,6,10-11H2,1-5H3,(H2,15,16,17). The predicted molar refractivity (Wildman–Crippen MR) is 79.2 cm³/mol. The van der Waals surface area contributed by atoms with Gasteiger partial charge in [-0.1, -0.05) is 19.9 Å². The summed E-state index contributed by atoms with van der Waals surface area (Å²) in [5.41, 5.74) is 0.222. The van der Waals surface area contributed by atoms with Gasteiger partial charge in [-0.3, -0.25) is 0 Å². The average molecular weight is 250 g/mol. The van der Waals surface area contributed by atoms with Crippen LogP contribution >= 0.6 is 0 Å². The van der Waals surface area contributed by atoms with Gasteiger partial charge < -0.3 is 15.5 Å². The van der Waals surface area contributed by atoms with Gasteiger partial charge >= 0.3 is 0 Å². The summed E-state index contributed by atoms with van der Waals surface area (Å²) >= 11 is 0. The van der Waals surface area contributed by atoms with Crippen LogP contribution in [0.25, 0.3) is 0 Å². The molecule has 18 heavy (non-hydrogen) atoms. The summed E-state index contributed by atoms with van der Waals surface area (Å²) in [7, 11) is 4.21. The lowest BCUT2D eigenvalue weighted by Gasteiger charge is -2.28. The molecule has 0 aliphatic carbocycles. The third kappa shape index (κ3) is 5.36. The van der Waals surface area contributed by atoms with Crippen LogP contribution < -0.4 is 10.6 Å². The van der Waals surface area contributed by atoms with Gasteiger partial charge in [0, 0.05) is 19.6 Å². The molecule has 0 atom stereocenters. The molecule has 1 heterocycles. The van der Waals surface area contributed by atoms with Gasteiger partial charge in [-0.15, -0.1) is 0 Å². The summed E-state index contributed by atoms with van der Waals surface area (Å²) in [5, 5.41) is 6.63. The Morgan fingerprint density at radius 2 is 1.78 bits per heavy atom. The maximum atomic E-state index is 4.51. The van der Waals surface area contributed by atoms with E-state index in [2.05, 4.69) is 55.4 Å². The maximum Gasteiger partial charge on any atom is 0.128 e. The van der Waals surface area contributed by atoms with Gasteiger partial charge in [-0.25, -0.2) is 4.98 Å². The van der Waals surface area contributed by atoms with E-state index >= 15 is 0 Å². The summed E-state index contributed by atoms with van der Waals surface area (Å²) in [6.07, 6.45) is 0. The second-order valence-electron chi connectivity index (χ2n) is 5.69. The third-order valence-corrected chi connectivity index (χ3v) is 2.60. The van der Waals surface area contributed by atoms with Crippen molar-refractivity contribution in [3.63, 3.8) is 0 Å². The topological polar surface area (TPSA) is 40.2 Å². The molecule has 0 radical (unpaired) electrons. The summed E-state index contributed by atoms with van der Waals surface area (Å²) in [4.78, 5) is 6.72. The van der Waals surface area contributed by atoms with Crippen molar-refractivity contribution < 1.29 is 0 Å². The highest BCUT2D eigenvalue weighted by atomic mass is 15.1. The minimum Gasteiger partial charge on any atom is -0.370 e. The fourth-order valence-electron chi connectivity index (χ4n) is 2.05. The van der Waals surface area contributed by atoms with Gasteiger partial charge in [0.25, 0.3) is 0 Å². The Balaban J connectivity index is 2.54. The minimum absolute atomic E-state index is 0.222.